The van der Waals surface area contributed by atoms with Crippen molar-refractivity contribution in [3.63, 3.8) is 0 Å². The molecule has 116 valence electrons. The number of carbonyl (C=O) groups excluding carboxylic acids is 1. The molecule has 3 nitrogen and oxygen atoms in total. The fraction of sp³-hybridized carbons (Fsp3) is 0.611. The summed E-state index contributed by atoms with van der Waals surface area (Å²) in [5.74, 6) is 0.280. The third kappa shape index (κ3) is 4.07. The van der Waals surface area contributed by atoms with E-state index in [0.717, 1.165) is 51.6 Å². The van der Waals surface area contributed by atoms with Crippen molar-refractivity contribution in [1.82, 2.24) is 10.2 Å². The van der Waals surface area contributed by atoms with Crippen LogP contribution in [-0.2, 0) is 11.2 Å². The van der Waals surface area contributed by atoms with E-state index in [4.69, 9.17) is 0 Å². The summed E-state index contributed by atoms with van der Waals surface area (Å²) in [5, 5.41) is 3.43. The maximum absolute atomic E-state index is 12.6. The number of amides is 1. The number of nitrogens with zero attached hydrogens (tertiary/aromatic N) is 1. The van der Waals surface area contributed by atoms with E-state index in [9.17, 15) is 4.79 Å². The summed E-state index contributed by atoms with van der Waals surface area (Å²) in [6, 6.07) is 10.6. The molecule has 0 aromatic heterocycles. The van der Waals surface area contributed by atoms with Gasteiger partial charge in [-0.15, -0.1) is 0 Å². The van der Waals surface area contributed by atoms with Crippen LogP contribution in [-0.4, -0.2) is 36.5 Å². The van der Waals surface area contributed by atoms with Gasteiger partial charge in [-0.3, -0.25) is 4.79 Å². The molecule has 1 fully saturated rings. The summed E-state index contributed by atoms with van der Waals surface area (Å²) in [6.07, 6.45) is 6.28. The lowest BCUT2D eigenvalue weighted by molar-refractivity contribution is -0.136. The zero-order valence-corrected chi connectivity index (χ0v) is 13.4. The Morgan fingerprint density at radius 1 is 1.29 bits per heavy atom. The Morgan fingerprint density at radius 2 is 2.05 bits per heavy atom. The molecule has 1 aromatic carbocycles. The van der Waals surface area contributed by atoms with Crippen molar-refractivity contribution in [2.75, 3.05) is 20.1 Å². The van der Waals surface area contributed by atoms with Crippen molar-refractivity contribution in [2.45, 2.75) is 51.0 Å². The zero-order valence-electron chi connectivity index (χ0n) is 13.4. The van der Waals surface area contributed by atoms with Crippen molar-refractivity contribution in [2.24, 2.45) is 0 Å². The van der Waals surface area contributed by atoms with E-state index in [2.05, 4.69) is 42.6 Å². The molecule has 1 aliphatic rings. The smallest absolute Gasteiger partial charge is 0.242 e. The van der Waals surface area contributed by atoms with Crippen LogP contribution in [0.2, 0.25) is 0 Å². The summed E-state index contributed by atoms with van der Waals surface area (Å²) >= 11 is 0. The molecule has 1 unspecified atom stereocenters. The minimum atomic E-state index is -0.284. The molecule has 0 radical (unpaired) electrons. The molecule has 1 saturated heterocycles. The summed E-state index contributed by atoms with van der Waals surface area (Å²) in [4.78, 5) is 14.5. The number of hydrogen-bond donors (Lipinski definition) is 1. The van der Waals surface area contributed by atoms with Crippen LogP contribution < -0.4 is 5.32 Å². The number of hydrogen-bond acceptors (Lipinski definition) is 2. The van der Waals surface area contributed by atoms with Crippen LogP contribution in [0.15, 0.2) is 30.3 Å². The predicted octanol–water partition coefficient (Wildman–Crippen LogP) is 3.00. The normalized spacial score (nSPS) is 21.4. The SMILES string of the molecule is CCC1(C(=O)N(C)CCCCc2ccccc2)CCCN1. The van der Waals surface area contributed by atoms with Gasteiger partial charge in [0.1, 0.15) is 0 Å². The summed E-state index contributed by atoms with van der Waals surface area (Å²) < 4.78 is 0. The number of benzene rings is 1. The molecular weight excluding hydrogens is 260 g/mol. The van der Waals surface area contributed by atoms with Gasteiger partial charge in [0, 0.05) is 13.6 Å². The van der Waals surface area contributed by atoms with Crippen molar-refractivity contribution >= 4 is 5.91 Å². The van der Waals surface area contributed by atoms with E-state index < -0.39 is 0 Å². The van der Waals surface area contributed by atoms with Gasteiger partial charge in [-0.25, -0.2) is 0 Å². The summed E-state index contributed by atoms with van der Waals surface area (Å²) in [5.41, 5.74) is 1.10. The van der Waals surface area contributed by atoms with Gasteiger partial charge >= 0.3 is 0 Å². The van der Waals surface area contributed by atoms with E-state index in [1.807, 2.05) is 11.9 Å². The Morgan fingerprint density at radius 3 is 2.67 bits per heavy atom. The third-order valence-electron chi connectivity index (χ3n) is 4.66. The second kappa shape index (κ2) is 7.60. The Hall–Kier alpha value is -1.35. The molecule has 0 saturated carbocycles. The first-order valence-corrected chi connectivity index (χ1v) is 8.22. The van der Waals surface area contributed by atoms with Gasteiger partial charge in [0.25, 0.3) is 0 Å². The van der Waals surface area contributed by atoms with Gasteiger partial charge in [0.05, 0.1) is 5.54 Å². The molecule has 1 amide bonds. The maximum Gasteiger partial charge on any atom is 0.242 e. The molecule has 1 aromatic rings. The number of nitrogens with one attached hydrogen (secondary N) is 1. The molecule has 0 bridgehead atoms. The van der Waals surface area contributed by atoms with Gasteiger partial charge < -0.3 is 10.2 Å². The largest absolute Gasteiger partial charge is 0.344 e. The number of aryl methyl sites for hydroxylation is 1. The van der Waals surface area contributed by atoms with E-state index >= 15 is 0 Å². The molecule has 21 heavy (non-hydrogen) atoms. The lowest BCUT2D eigenvalue weighted by Crippen LogP contribution is -2.53. The van der Waals surface area contributed by atoms with E-state index in [-0.39, 0.29) is 11.4 Å². The van der Waals surface area contributed by atoms with E-state index in [0.29, 0.717) is 0 Å². The zero-order chi connectivity index (χ0) is 15.1. The second-order valence-corrected chi connectivity index (χ2v) is 6.14. The maximum atomic E-state index is 12.6. The van der Waals surface area contributed by atoms with Crippen LogP contribution in [0.4, 0.5) is 0 Å². The molecule has 1 atom stereocenters. The fourth-order valence-corrected chi connectivity index (χ4v) is 3.23. The minimum Gasteiger partial charge on any atom is -0.344 e. The van der Waals surface area contributed by atoms with Crippen LogP contribution in [0.3, 0.4) is 0 Å². The first kappa shape index (κ1) is 16.0. The highest BCUT2D eigenvalue weighted by Gasteiger charge is 2.40. The highest BCUT2D eigenvalue weighted by Crippen LogP contribution is 2.25. The molecule has 1 aliphatic heterocycles. The fourth-order valence-electron chi connectivity index (χ4n) is 3.23. The number of likely N-dealkylation sites (N-methyl/N-ethyl adjacent to an activating group) is 1. The first-order valence-electron chi connectivity index (χ1n) is 8.22. The molecule has 0 spiro atoms. The van der Waals surface area contributed by atoms with Gasteiger partial charge in [0.15, 0.2) is 0 Å². The van der Waals surface area contributed by atoms with Crippen LogP contribution in [0.5, 0.6) is 0 Å². The van der Waals surface area contributed by atoms with Crippen LogP contribution in [0, 0.1) is 0 Å². The monoisotopic (exact) mass is 288 g/mol. The second-order valence-electron chi connectivity index (χ2n) is 6.14. The molecule has 2 rings (SSSR count). The molecule has 1 heterocycles. The topological polar surface area (TPSA) is 32.3 Å². The highest BCUT2D eigenvalue weighted by atomic mass is 16.2. The average Bonchev–Trinajstić information content (AvgIpc) is 3.02. The standard InChI is InChI=1S/C18H28N2O/c1-3-18(13-9-14-19-18)17(21)20(2)15-8-7-12-16-10-5-4-6-11-16/h4-6,10-11,19H,3,7-9,12-15H2,1-2H3. The number of carbonyl (C=O) groups is 1. The molecule has 1 N–H and O–H groups in total. The quantitative estimate of drug-likeness (QED) is 0.782. The Balaban J connectivity index is 1.74. The number of unbranched alkanes of at least 4 members (excludes halogenated alkanes) is 1. The Bertz CT molecular complexity index is 438. The highest BCUT2D eigenvalue weighted by molar-refractivity contribution is 5.86. The minimum absolute atomic E-state index is 0.280. The first-order chi connectivity index (χ1) is 10.2. The van der Waals surface area contributed by atoms with Crippen molar-refractivity contribution < 1.29 is 4.79 Å². The lowest BCUT2D eigenvalue weighted by atomic mass is 9.92. The predicted molar refractivity (Wildman–Crippen MR) is 87.3 cm³/mol. The van der Waals surface area contributed by atoms with Crippen molar-refractivity contribution in [3.05, 3.63) is 35.9 Å². The van der Waals surface area contributed by atoms with E-state index in [1.54, 1.807) is 0 Å². The van der Waals surface area contributed by atoms with Gasteiger partial charge in [-0.2, -0.15) is 0 Å². The molecule has 3 heteroatoms. The Labute approximate surface area is 128 Å². The van der Waals surface area contributed by atoms with Gasteiger partial charge in [-0.05, 0) is 50.6 Å². The Kier molecular flexibility index (Phi) is 5.80. The molecule has 0 aliphatic carbocycles. The van der Waals surface area contributed by atoms with Crippen LogP contribution in [0.25, 0.3) is 0 Å². The van der Waals surface area contributed by atoms with Gasteiger partial charge in [-0.1, -0.05) is 37.3 Å². The number of rotatable bonds is 7. The molecular formula is C18H28N2O. The summed E-state index contributed by atoms with van der Waals surface area (Å²) in [7, 11) is 1.95. The van der Waals surface area contributed by atoms with Crippen LogP contribution in [0.1, 0.15) is 44.6 Å². The van der Waals surface area contributed by atoms with Crippen LogP contribution >= 0.6 is 0 Å². The third-order valence-corrected chi connectivity index (χ3v) is 4.66. The average molecular weight is 288 g/mol. The van der Waals surface area contributed by atoms with Crippen molar-refractivity contribution in [1.29, 1.82) is 0 Å². The lowest BCUT2D eigenvalue weighted by Gasteiger charge is -2.31. The van der Waals surface area contributed by atoms with E-state index in [1.165, 1.54) is 5.56 Å². The summed E-state index contributed by atoms with van der Waals surface area (Å²) in [6.45, 7) is 3.94. The van der Waals surface area contributed by atoms with Crippen molar-refractivity contribution in [3.8, 4) is 0 Å². The van der Waals surface area contributed by atoms with Gasteiger partial charge in [0.2, 0.25) is 5.91 Å².